The van der Waals surface area contributed by atoms with E-state index < -0.39 is 0 Å². The highest BCUT2D eigenvalue weighted by molar-refractivity contribution is 7.13. The first kappa shape index (κ1) is 15.4. The zero-order valence-corrected chi connectivity index (χ0v) is 13.1. The number of anilines is 1. The zero-order chi connectivity index (χ0) is 15.4. The maximum atomic E-state index is 11.9. The molecule has 0 saturated carbocycles. The lowest BCUT2D eigenvalue weighted by Crippen LogP contribution is -2.27. The molecule has 0 aliphatic carbocycles. The SMILES string of the molecule is CC(C)c1nnc([C@H](C)NC(=O)CCc2csc(N)n2)o1. The third kappa shape index (κ3) is 4.25. The van der Waals surface area contributed by atoms with Gasteiger partial charge in [0.2, 0.25) is 17.7 Å². The van der Waals surface area contributed by atoms with Crippen molar-refractivity contribution in [1.29, 1.82) is 0 Å². The Kier molecular flexibility index (Phi) is 4.89. The van der Waals surface area contributed by atoms with E-state index >= 15 is 0 Å². The lowest BCUT2D eigenvalue weighted by Gasteiger charge is -2.09. The fourth-order valence-corrected chi connectivity index (χ4v) is 2.31. The molecule has 0 aliphatic rings. The number of rotatable bonds is 6. The summed E-state index contributed by atoms with van der Waals surface area (Å²) >= 11 is 1.37. The molecule has 0 bridgehead atoms. The van der Waals surface area contributed by atoms with E-state index in [1.165, 1.54) is 11.3 Å². The van der Waals surface area contributed by atoms with Crippen LogP contribution < -0.4 is 11.1 Å². The minimum absolute atomic E-state index is 0.0848. The third-order valence-corrected chi connectivity index (χ3v) is 3.60. The summed E-state index contributed by atoms with van der Waals surface area (Å²) in [6.45, 7) is 5.76. The fourth-order valence-electron chi connectivity index (χ4n) is 1.71. The van der Waals surface area contributed by atoms with E-state index in [9.17, 15) is 4.79 Å². The highest BCUT2D eigenvalue weighted by Crippen LogP contribution is 2.17. The second kappa shape index (κ2) is 6.66. The van der Waals surface area contributed by atoms with Crippen molar-refractivity contribution in [2.75, 3.05) is 5.73 Å². The number of nitrogens with two attached hydrogens (primary N) is 1. The van der Waals surface area contributed by atoms with Gasteiger partial charge in [0.25, 0.3) is 0 Å². The number of amides is 1. The number of nitrogens with zero attached hydrogens (tertiary/aromatic N) is 3. The summed E-state index contributed by atoms with van der Waals surface area (Å²) in [5.41, 5.74) is 6.38. The molecular formula is C13H19N5O2S. The lowest BCUT2D eigenvalue weighted by molar-refractivity contribution is -0.121. The summed E-state index contributed by atoms with van der Waals surface area (Å²) in [4.78, 5) is 16.0. The van der Waals surface area contributed by atoms with E-state index in [4.69, 9.17) is 10.2 Å². The number of hydrogen-bond donors (Lipinski definition) is 2. The Balaban J connectivity index is 1.83. The van der Waals surface area contributed by atoms with Gasteiger partial charge in [-0.25, -0.2) is 4.98 Å². The average molecular weight is 309 g/mol. The van der Waals surface area contributed by atoms with Crippen LogP contribution in [0.3, 0.4) is 0 Å². The molecule has 0 aliphatic heterocycles. The molecule has 8 heteroatoms. The zero-order valence-electron chi connectivity index (χ0n) is 12.3. The number of carbonyl (C=O) groups is 1. The maximum absolute atomic E-state index is 11.9. The van der Waals surface area contributed by atoms with Gasteiger partial charge in [-0.2, -0.15) is 0 Å². The topological polar surface area (TPSA) is 107 Å². The third-order valence-electron chi connectivity index (χ3n) is 2.88. The lowest BCUT2D eigenvalue weighted by atomic mass is 10.2. The molecule has 2 rings (SSSR count). The number of hydrogen-bond acceptors (Lipinski definition) is 7. The summed E-state index contributed by atoms with van der Waals surface area (Å²) in [5.74, 6) is 1.08. The molecule has 114 valence electrons. The van der Waals surface area contributed by atoms with Crippen molar-refractivity contribution in [3.8, 4) is 0 Å². The van der Waals surface area contributed by atoms with Crippen LogP contribution in [-0.4, -0.2) is 21.1 Å². The van der Waals surface area contributed by atoms with Crippen LogP contribution >= 0.6 is 11.3 Å². The number of thiazole rings is 1. The van der Waals surface area contributed by atoms with Crippen LogP contribution in [-0.2, 0) is 11.2 Å². The Morgan fingerprint density at radius 1 is 1.38 bits per heavy atom. The van der Waals surface area contributed by atoms with E-state index in [-0.39, 0.29) is 17.9 Å². The molecule has 0 unspecified atom stereocenters. The summed E-state index contributed by atoms with van der Waals surface area (Å²) in [5, 5.41) is 13.1. The molecule has 1 amide bonds. The molecule has 21 heavy (non-hydrogen) atoms. The highest BCUT2D eigenvalue weighted by atomic mass is 32.1. The molecular weight excluding hydrogens is 290 g/mol. The van der Waals surface area contributed by atoms with Crippen LogP contribution in [0.4, 0.5) is 5.13 Å². The van der Waals surface area contributed by atoms with Crippen molar-refractivity contribution in [1.82, 2.24) is 20.5 Å². The van der Waals surface area contributed by atoms with Gasteiger partial charge in [-0.05, 0) is 13.3 Å². The Bertz CT molecular complexity index is 607. The van der Waals surface area contributed by atoms with E-state index in [1.807, 2.05) is 26.2 Å². The van der Waals surface area contributed by atoms with Crippen LogP contribution in [0.2, 0.25) is 0 Å². The maximum Gasteiger partial charge on any atom is 0.238 e. The van der Waals surface area contributed by atoms with Gasteiger partial charge < -0.3 is 15.5 Å². The minimum Gasteiger partial charge on any atom is -0.423 e. The molecule has 2 aromatic heterocycles. The van der Waals surface area contributed by atoms with Crippen LogP contribution in [0.15, 0.2) is 9.80 Å². The van der Waals surface area contributed by atoms with Gasteiger partial charge in [0.1, 0.15) is 6.04 Å². The number of nitrogen functional groups attached to an aromatic ring is 1. The van der Waals surface area contributed by atoms with Gasteiger partial charge >= 0.3 is 0 Å². The van der Waals surface area contributed by atoms with Crippen molar-refractivity contribution in [2.45, 2.75) is 45.6 Å². The van der Waals surface area contributed by atoms with Crippen LogP contribution in [0.25, 0.3) is 0 Å². The number of carbonyl (C=O) groups excluding carboxylic acids is 1. The van der Waals surface area contributed by atoms with Crippen molar-refractivity contribution in [3.63, 3.8) is 0 Å². The van der Waals surface area contributed by atoms with Gasteiger partial charge in [-0.15, -0.1) is 21.5 Å². The number of aryl methyl sites for hydroxylation is 1. The predicted molar refractivity (Wildman–Crippen MR) is 79.8 cm³/mol. The predicted octanol–water partition coefficient (Wildman–Crippen LogP) is 2.04. The molecule has 0 aromatic carbocycles. The van der Waals surface area contributed by atoms with Crippen LogP contribution in [0, 0.1) is 0 Å². The smallest absolute Gasteiger partial charge is 0.238 e. The average Bonchev–Trinajstić information content (AvgIpc) is 3.05. The number of nitrogens with one attached hydrogen (secondary N) is 1. The Morgan fingerprint density at radius 2 is 2.10 bits per heavy atom. The molecule has 2 aromatic rings. The molecule has 0 radical (unpaired) electrons. The Hall–Kier alpha value is -1.96. The summed E-state index contributed by atoms with van der Waals surface area (Å²) in [7, 11) is 0. The second-order valence-electron chi connectivity index (χ2n) is 5.10. The molecule has 0 fully saturated rings. The first-order chi connectivity index (χ1) is 9.95. The van der Waals surface area contributed by atoms with E-state index in [1.54, 1.807) is 0 Å². The second-order valence-corrected chi connectivity index (χ2v) is 5.99. The monoisotopic (exact) mass is 309 g/mol. The molecule has 7 nitrogen and oxygen atoms in total. The quantitative estimate of drug-likeness (QED) is 0.845. The highest BCUT2D eigenvalue weighted by Gasteiger charge is 2.17. The van der Waals surface area contributed by atoms with Crippen LogP contribution in [0.1, 0.15) is 56.6 Å². The van der Waals surface area contributed by atoms with Gasteiger partial charge in [0.15, 0.2) is 5.13 Å². The van der Waals surface area contributed by atoms with Gasteiger partial charge in [-0.3, -0.25) is 4.79 Å². The molecule has 0 spiro atoms. The molecule has 0 saturated heterocycles. The summed E-state index contributed by atoms with van der Waals surface area (Å²) in [6.07, 6.45) is 0.909. The Morgan fingerprint density at radius 3 is 2.67 bits per heavy atom. The van der Waals surface area contributed by atoms with Gasteiger partial charge in [0, 0.05) is 17.7 Å². The summed E-state index contributed by atoms with van der Waals surface area (Å²) in [6, 6.07) is -0.307. The summed E-state index contributed by atoms with van der Waals surface area (Å²) < 4.78 is 5.51. The molecule has 2 heterocycles. The first-order valence-corrected chi connectivity index (χ1v) is 7.66. The molecule has 3 N–H and O–H groups in total. The van der Waals surface area contributed by atoms with E-state index in [0.29, 0.717) is 29.8 Å². The largest absolute Gasteiger partial charge is 0.423 e. The standard InChI is InChI=1S/C13H19N5O2S/c1-7(2)11-17-18-12(20-11)8(3)15-10(19)5-4-9-6-21-13(14)16-9/h6-8H,4-5H2,1-3H3,(H2,14,16)(H,15,19)/t8-/m0/s1. The molecule has 1 atom stereocenters. The van der Waals surface area contributed by atoms with E-state index in [0.717, 1.165) is 5.69 Å². The van der Waals surface area contributed by atoms with Gasteiger partial charge in [-0.1, -0.05) is 13.8 Å². The van der Waals surface area contributed by atoms with Crippen LogP contribution in [0.5, 0.6) is 0 Å². The fraction of sp³-hybridized carbons (Fsp3) is 0.538. The number of aromatic nitrogens is 3. The van der Waals surface area contributed by atoms with Crippen molar-refractivity contribution in [3.05, 3.63) is 22.9 Å². The van der Waals surface area contributed by atoms with Crippen molar-refractivity contribution < 1.29 is 9.21 Å². The van der Waals surface area contributed by atoms with E-state index in [2.05, 4.69) is 20.5 Å². The minimum atomic E-state index is -0.307. The van der Waals surface area contributed by atoms with Gasteiger partial charge in [0.05, 0.1) is 5.69 Å². The van der Waals surface area contributed by atoms with Crippen molar-refractivity contribution >= 4 is 22.4 Å². The normalized spacial score (nSPS) is 12.6. The Labute approximate surface area is 127 Å². The van der Waals surface area contributed by atoms with Crippen molar-refractivity contribution in [2.24, 2.45) is 0 Å². The first-order valence-electron chi connectivity index (χ1n) is 6.78.